The minimum atomic E-state index is -1.07. The van der Waals surface area contributed by atoms with Crippen molar-refractivity contribution in [1.29, 1.82) is 0 Å². The van der Waals surface area contributed by atoms with Crippen LogP contribution < -0.4 is 5.32 Å². The number of aromatic amines is 1. The number of hydrogen-bond acceptors (Lipinski definition) is 3. The molecule has 3 N–H and O–H groups in total. The van der Waals surface area contributed by atoms with Gasteiger partial charge >= 0.3 is 5.97 Å². The van der Waals surface area contributed by atoms with Gasteiger partial charge in [0.15, 0.2) is 0 Å². The molecular formula is C13H20N2O4. The molecule has 0 saturated heterocycles. The summed E-state index contributed by atoms with van der Waals surface area (Å²) in [7, 11) is 0. The first-order valence-electron chi connectivity index (χ1n) is 6.20. The maximum Gasteiger partial charge on any atom is 0.352 e. The summed E-state index contributed by atoms with van der Waals surface area (Å²) < 4.78 is 5.32. The summed E-state index contributed by atoms with van der Waals surface area (Å²) in [6.07, 6.45) is -0.0764. The average molecular weight is 268 g/mol. The molecule has 0 saturated carbocycles. The third-order valence-corrected chi connectivity index (χ3v) is 2.88. The molecule has 0 spiro atoms. The predicted molar refractivity (Wildman–Crippen MR) is 70.6 cm³/mol. The number of ether oxygens (including phenoxy) is 1. The molecule has 6 nitrogen and oxygen atoms in total. The minimum Gasteiger partial charge on any atom is -0.477 e. The van der Waals surface area contributed by atoms with Gasteiger partial charge in [0.2, 0.25) is 0 Å². The van der Waals surface area contributed by atoms with Crippen LogP contribution in [0.5, 0.6) is 0 Å². The number of H-pyrrole nitrogens is 1. The molecule has 1 unspecified atom stereocenters. The van der Waals surface area contributed by atoms with Crippen LogP contribution in [-0.4, -0.2) is 41.2 Å². The summed E-state index contributed by atoms with van der Waals surface area (Å²) in [6, 6.07) is 0. The van der Waals surface area contributed by atoms with E-state index in [0.717, 1.165) is 0 Å². The minimum absolute atomic E-state index is 0.0560. The highest BCUT2D eigenvalue weighted by molar-refractivity contribution is 6.00. The summed E-state index contributed by atoms with van der Waals surface area (Å²) >= 11 is 0. The molecule has 1 heterocycles. The number of rotatable bonds is 6. The molecule has 1 atom stereocenters. The van der Waals surface area contributed by atoms with Gasteiger partial charge < -0.3 is 20.1 Å². The van der Waals surface area contributed by atoms with E-state index in [1.165, 1.54) is 0 Å². The highest BCUT2D eigenvalue weighted by atomic mass is 16.5. The fourth-order valence-electron chi connectivity index (χ4n) is 1.97. The molecule has 0 fully saturated rings. The summed E-state index contributed by atoms with van der Waals surface area (Å²) in [6.45, 7) is 8.02. The fourth-order valence-corrected chi connectivity index (χ4v) is 1.97. The number of aromatic carboxylic acids is 1. The van der Waals surface area contributed by atoms with Crippen molar-refractivity contribution >= 4 is 11.9 Å². The van der Waals surface area contributed by atoms with Crippen molar-refractivity contribution in [3.8, 4) is 0 Å². The Labute approximate surface area is 112 Å². The van der Waals surface area contributed by atoms with Gasteiger partial charge in [-0.05, 0) is 33.3 Å². The number of carbonyl (C=O) groups excluding carboxylic acids is 1. The first-order valence-corrected chi connectivity index (χ1v) is 6.20. The average Bonchev–Trinajstić information content (AvgIpc) is 2.62. The maximum absolute atomic E-state index is 12.1. The lowest BCUT2D eigenvalue weighted by molar-refractivity contribution is 0.0689. The number of carboxylic acids is 1. The molecule has 1 aromatic rings. The summed E-state index contributed by atoms with van der Waals surface area (Å²) in [4.78, 5) is 25.7. The Morgan fingerprint density at radius 2 is 2.05 bits per heavy atom. The third kappa shape index (κ3) is 3.57. The van der Waals surface area contributed by atoms with Gasteiger partial charge in [-0.25, -0.2) is 4.79 Å². The van der Waals surface area contributed by atoms with Crippen LogP contribution in [0.4, 0.5) is 0 Å². The van der Waals surface area contributed by atoms with Crippen molar-refractivity contribution in [2.75, 3.05) is 13.2 Å². The number of hydrogen-bond donors (Lipinski definition) is 3. The van der Waals surface area contributed by atoms with Crippen LogP contribution in [-0.2, 0) is 4.74 Å². The predicted octanol–water partition coefficient (Wildman–Crippen LogP) is 1.48. The molecule has 0 radical (unpaired) electrons. The number of aryl methyl sites for hydroxylation is 1. The zero-order chi connectivity index (χ0) is 14.6. The normalized spacial score (nSPS) is 12.2. The molecule has 0 aliphatic heterocycles. The van der Waals surface area contributed by atoms with Gasteiger partial charge in [0.25, 0.3) is 5.91 Å². The van der Waals surface area contributed by atoms with Crippen LogP contribution in [0, 0.1) is 13.8 Å². The molecule has 0 bridgehead atoms. The zero-order valence-electron chi connectivity index (χ0n) is 11.7. The van der Waals surface area contributed by atoms with Crippen LogP contribution >= 0.6 is 0 Å². The molecular weight excluding hydrogens is 248 g/mol. The Morgan fingerprint density at radius 1 is 1.42 bits per heavy atom. The second-order valence-electron chi connectivity index (χ2n) is 4.41. The maximum atomic E-state index is 12.1. The Bertz CT molecular complexity index is 479. The highest BCUT2D eigenvalue weighted by Gasteiger charge is 2.21. The third-order valence-electron chi connectivity index (χ3n) is 2.88. The SMILES string of the molecule is CCOC(C)CNC(=O)c1c(C)[nH]c(C(=O)O)c1C. The van der Waals surface area contributed by atoms with Crippen molar-refractivity contribution in [1.82, 2.24) is 10.3 Å². The van der Waals surface area contributed by atoms with Crippen LogP contribution in [0.3, 0.4) is 0 Å². The lowest BCUT2D eigenvalue weighted by Gasteiger charge is -2.12. The second kappa shape index (κ2) is 6.38. The van der Waals surface area contributed by atoms with E-state index in [4.69, 9.17) is 9.84 Å². The van der Waals surface area contributed by atoms with Gasteiger partial charge in [-0.3, -0.25) is 4.79 Å². The summed E-state index contributed by atoms with van der Waals surface area (Å²) in [5.74, 6) is -1.35. The van der Waals surface area contributed by atoms with E-state index in [-0.39, 0.29) is 17.7 Å². The number of carbonyl (C=O) groups is 2. The van der Waals surface area contributed by atoms with Crippen molar-refractivity contribution in [2.45, 2.75) is 33.8 Å². The standard InChI is InChI=1S/C13H20N2O4/c1-5-19-7(2)6-14-12(16)10-8(3)11(13(17)18)15-9(10)4/h7,15H,5-6H2,1-4H3,(H,14,16)(H,17,18). The van der Waals surface area contributed by atoms with E-state index < -0.39 is 5.97 Å². The number of aromatic nitrogens is 1. The van der Waals surface area contributed by atoms with Crippen molar-refractivity contribution in [2.24, 2.45) is 0 Å². The molecule has 1 aromatic heterocycles. The van der Waals surface area contributed by atoms with Gasteiger partial charge in [-0.1, -0.05) is 0 Å². The number of amides is 1. The molecule has 6 heteroatoms. The van der Waals surface area contributed by atoms with Crippen molar-refractivity contribution in [3.63, 3.8) is 0 Å². The van der Waals surface area contributed by atoms with E-state index in [1.54, 1.807) is 13.8 Å². The number of nitrogens with one attached hydrogen (secondary N) is 2. The van der Waals surface area contributed by atoms with Crippen LogP contribution in [0.2, 0.25) is 0 Å². The highest BCUT2D eigenvalue weighted by Crippen LogP contribution is 2.17. The molecule has 19 heavy (non-hydrogen) atoms. The smallest absolute Gasteiger partial charge is 0.352 e. The molecule has 1 rings (SSSR count). The van der Waals surface area contributed by atoms with Crippen LogP contribution in [0.25, 0.3) is 0 Å². The Hall–Kier alpha value is -1.82. The van der Waals surface area contributed by atoms with Crippen molar-refractivity contribution < 1.29 is 19.4 Å². The summed E-state index contributed by atoms with van der Waals surface area (Å²) in [5, 5.41) is 11.7. The van der Waals surface area contributed by atoms with E-state index in [2.05, 4.69) is 10.3 Å². The molecule has 0 aromatic carbocycles. The van der Waals surface area contributed by atoms with E-state index >= 15 is 0 Å². The zero-order valence-corrected chi connectivity index (χ0v) is 11.7. The first-order chi connectivity index (χ1) is 8.88. The van der Waals surface area contributed by atoms with Crippen LogP contribution in [0.15, 0.2) is 0 Å². The Balaban J connectivity index is 2.80. The molecule has 0 aliphatic rings. The van der Waals surface area contributed by atoms with Gasteiger partial charge in [0.05, 0.1) is 11.7 Å². The first kappa shape index (κ1) is 15.2. The Kier molecular flexibility index (Phi) is 5.11. The Morgan fingerprint density at radius 3 is 2.53 bits per heavy atom. The lowest BCUT2D eigenvalue weighted by Crippen LogP contribution is -2.32. The lowest BCUT2D eigenvalue weighted by atomic mass is 10.1. The molecule has 0 aliphatic carbocycles. The largest absolute Gasteiger partial charge is 0.477 e. The quantitative estimate of drug-likeness (QED) is 0.728. The van der Waals surface area contributed by atoms with Gasteiger partial charge in [-0.2, -0.15) is 0 Å². The van der Waals surface area contributed by atoms with Crippen molar-refractivity contribution in [3.05, 3.63) is 22.5 Å². The van der Waals surface area contributed by atoms with Gasteiger partial charge in [0, 0.05) is 18.8 Å². The van der Waals surface area contributed by atoms with Gasteiger partial charge in [-0.15, -0.1) is 0 Å². The second-order valence-corrected chi connectivity index (χ2v) is 4.41. The molecule has 106 valence electrons. The number of carboxylic acid groups (broad SMARTS) is 1. The molecule has 1 amide bonds. The van der Waals surface area contributed by atoms with E-state index in [1.807, 2.05) is 13.8 Å². The fraction of sp³-hybridized carbons (Fsp3) is 0.538. The monoisotopic (exact) mass is 268 g/mol. The van der Waals surface area contributed by atoms with Crippen LogP contribution in [0.1, 0.15) is 46.0 Å². The van der Waals surface area contributed by atoms with E-state index in [9.17, 15) is 9.59 Å². The van der Waals surface area contributed by atoms with E-state index in [0.29, 0.717) is 30.0 Å². The van der Waals surface area contributed by atoms with Gasteiger partial charge in [0.1, 0.15) is 5.69 Å². The topological polar surface area (TPSA) is 91.4 Å². The summed E-state index contributed by atoms with van der Waals surface area (Å²) in [5.41, 5.74) is 1.45.